The first kappa shape index (κ1) is 11.9. The van der Waals surface area contributed by atoms with Gasteiger partial charge >= 0.3 is 0 Å². The molecule has 1 heterocycles. The van der Waals surface area contributed by atoms with Crippen LogP contribution in [0.15, 0.2) is 11.4 Å². The summed E-state index contributed by atoms with van der Waals surface area (Å²) in [6.45, 7) is 6.20. The van der Waals surface area contributed by atoms with Gasteiger partial charge in [-0.2, -0.15) is 0 Å². The van der Waals surface area contributed by atoms with E-state index < -0.39 is 0 Å². The van der Waals surface area contributed by atoms with Gasteiger partial charge in [0.05, 0.1) is 12.8 Å². The molecule has 4 heteroatoms. The van der Waals surface area contributed by atoms with Crippen molar-refractivity contribution in [3.8, 4) is 17.0 Å². The van der Waals surface area contributed by atoms with E-state index in [0.29, 0.717) is 5.13 Å². The van der Waals surface area contributed by atoms with E-state index in [0.717, 1.165) is 28.1 Å². The van der Waals surface area contributed by atoms with E-state index >= 15 is 0 Å². The molecule has 0 spiro atoms. The van der Waals surface area contributed by atoms with Crippen LogP contribution >= 0.6 is 11.3 Å². The minimum atomic E-state index is 0.602. The summed E-state index contributed by atoms with van der Waals surface area (Å²) in [6.07, 6.45) is 0. The van der Waals surface area contributed by atoms with Crippen molar-refractivity contribution in [2.75, 3.05) is 12.8 Å². The predicted octanol–water partition coefficient (Wildman–Crippen LogP) is 3.33. The lowest BCUT2D eigenvalue weighted by molar-refractivity contribution is 0.408. The molecule has 0 saturated carbocycles. The number of aryl methyl sites for hydroxylation is 1. The van der Waals surface area contributed by atoms with Crippen LogP contribution in [0.1, 0.15) is 16.7 Å². The SMILES string of the molecule is COc1c(C)cc(-c2csc(N)n2)c(C)c1C. The molecule has 0 unspecified atom stereocenters. The van der Waals surface area contributed by atoms with Crippen molar-refractivity contribution in [3.05, 3.63) is 28.1 Å². The Hall–Kier alpha value is -1.55. The fraction of sp³-hybridized carbons (Fsp3) is 0.308. The molecular formula is C13H16N2OS. The lowest BCUT2D eigenvalue weighted by Crippen LogP contribution is -1.96. The molecule has 0 aliphatic carbocycles. The second-order valence-electron chi connectivity index (χ2n) is 4.10. The van der Waals surface area contributed by atoms with Crippen molar-refractivity contribution < 1.29 is 4.74 Å². The number of nitrogens with zero attached hydrogens (tertiary/aromatic N) is 1. The minimum Gasteiger partial charge on any atom is -0.496 e. The van der Waals surface area contributed by atoms with E-state index in [1.807, 2.05) is 12.3 Å². The van der Waals surface area contributed by atoms with Gasteiger partial charge in [0, 0.05) is 10.9 Å². The van der Waals surface area contributed by atoms with Gasteiger partial charge in [-0.15, -0.1) is 11.3 Å². The van der Waals surface area contributed by atoms with Gasteiger partial charge in [-0.3, -0.25) is 0 Å². The van der Waals surface area contributed by atoms with Crippen molar-refractivity contribution in [2.45, 2.75) is 20.8 Å². The van der Waals surface area contributed by atoms with E-state index in [-0.39, 0.29) is 0 Å². The number of methoxy groups -OCH3 is 1. The summed E-state index contributed by atoms with van der Waals surface area (Å²) >= 11 is 1.47. The third-order valence-electron chi connectivity index (χ3n) is 3.03. The molecule has 0 atom stereocenters. The van der Waals surface area contributed by atoms with Crippen LogP contribution in [0.25, 0.3) is 11.3 Å². The Bertz CT molecular complexity index is 561. The summed E-state index contributed by atoms with van der Waals surface area (Å²) in [5.74, 6) is 0.953. The van der Waals surface area contributed by atoms with Crippen molar-refractivity contribution in [3.63, 3.8) is 0 Å². The number of nitrogens with two attached hydrogens (primary N) is 1. The number of benzene rings is 1. The van der Waals surface area contributed by atoms with Gasteiger partial charge in [0.1, 0.15) is 5.75 Å². The van der Waals surface area contributed by atoms with E-state index in [4.69, 9.17) is 10.5 Å². The van der Waals surface area contributed by atoms with E-state index in [2.05, 4.69) is 24.9 Å². The summed E-state index contributed by atoms with van der Waals surface area (Å²) in [5, 5.41) is 2.59. The van der Waals surface area contributed by atoms with Gasteiger partial charge in [0.25, 0.3) is 0 Å². The topological polar surface area (TPSA) is 48.1 Å². The van der Waals surface area contributed by atoms with Crippen molar-refractivity contribution in [1.29, 1.82) is 0 Å². The largest absolute Gasteiger partial charge is 0.496 e. The Morgan fingerprint density at radius 3 is 2.47 bits per heavy atom. The van der Waals surface area contributed by atoms with Crippen LogP contribution in [0.4, 0.5) is 5.13 Å². The summed E-state index contributed by atoms with van der Waals surface area (Å²) in [5.41, 5.74) is 11.2. The predicted molar refractivity (Wildman–Crippen MR) is 72.7 cm³/mol. The van der Waals surface area contributed by atoms with Gasteiger partial charge in [-0.05, 0) is 43.5 Å². The number of nitrogen functional groups attached to an aromatic ring is 1. The molecule has 1 aromatic carbocycles. The molecule has 0 amide bonds. The minimum absolute atomic E-state index is 0.602. The van der Waals surface area contributed by atoms with Gasteiger partial charge in [-0.25, -0.2) is 4.98 Å². The molecule has 0 fully saturated rings. The molecular weight excluding hydrogens is 232 g/mol. The first-order valence-corrected chi connectivity index (χ1v) is 6.28. The number of hydrogen-bond donors (Lipinski definition) is 1. The van der Waals surface area contributed by atoms with Crippen LogP contribution in [-0.2, 0) is 0 Å². The average Bonchev–Trinajstić information content (AvgIpc) is 2.71. The van der Waals surface area contributed by atoms with E-state index in [1.54, 1.807) is 7.11 Å². The molecule has 17 heavy (non-hydrogen) atoms. The lowest BCUT2D eigenvalue weighted by atomic mass is 9.97. The molecule has 0 saturated heterocycles. The molecule has 90 valence electrons. The molecule has 0 bridgehead atoms. The van der Waals surface area contributed by atoms with Gasteiger partial charge in [0.15, 0.2) is 5.13 Å². The zero-order chi connectivity index (χ0) is 12.6. The normalized spacial score (nSPS) is 10.6. The zero-order valence-corrected chi connectivity index (χ0v) is 11.3. The molecule has 0 aliphatic rings. The first-order valence-electron chi connectivity index (χ1n) is 5.40. The third kappa shape index (κ3) is 2.00. The zero-order valence-electron chi connectivity index (χ0n) is 10.5. The van der Waals surface area contributed by atoms with Crippen molar-refractivity contribution >= 4 is 16.5 Å². The second-order valence-corrected chi connectivity index (χ2v) is 4.98. The smallest absolute Gasteiger partial charge is 0.180 e. The van der Waals surface area contributed by atoms with Crippen molar-refractivity contribution in [1.82, 2.24) is 4.98 Å². The second kappa shape index (κ2) is 4.37. The number of rotatable bonds is 2. The standard InChI is InChI=1S/C13H16N2OS/c1-7-5-10(11-6-17-13(14)15-11)8(2)9(3)12(7)16-4/h5-6H,1-4H3,(H2,14,15). The molecule has 3 nitrogen and oxygen atoms in total. The molecule has 2 aromatic rings. The maximum atomic E-state index is 5.68. The van der Waals surface area contributed by atoms with Crippen LogP contribution < -0.4 is 10.5 Å². The Morgan fingerprint density at radius 1 is 1.24 bits per heavy atom. The number of hydrogen-bond acceptors (Lipinski definition) is 4. The molecule has 2 N–H and O–H groups in total. The molecule has 2 rings (SSSR count). The van der Waals surface area contributed by atoms with Crippen LogP contribution in [0.3, 0.4) is 0 Å². The summed E-state index contributed by atoms with van der Waals surface area (Å²) in [7, 11) is 1.70. The Balaban J connectivity index is 2.64. The Kier molecular flexibility index (Phi) is 3.07. The maximum absolute atomic E-state index is 5.68. The summed E-state index contributed by atoms with van der Waals surface area (Å²) < 4.78 is 5.41. The maximum Gasteiger partial charge on any atom is 0.180 e. The van der Waals surface area contributed by atoms with Crippen molar-refractivity contribution in [2.24, 2.45) is 0 Å². The van der Waals surface area contributed by atoms with Gasteiger partial charge in [-0.1, -0.05) is 0 Å². The molecule has 0 aliphatic heterocycles. The van der Waals surface area contributed by atoms with Gasteiger partial charge in [0.2, 0.25) is 0 Å². The van der Waals surface area contributed by atoms with Crippen LogP contribution in [0, 0.1) is 20.8 Å². The van der Waals surface area contributed by atoms with Gasteiger partial charge < -0.3 is 10.5 Å². The van der Waals surface area contributed by atoms with Crippen LogP contribution in [0.2, 0.25) is 0 Å². The number of aromatic nitrogens is 1. The highest BCUT2D eigenvalue weighted by molar-refractivity contribution is 7.13. The quantitative estimate of drug-likeness (QED) is 0.886. The highest BCUT2D eigenvalue weighted by atomic mass is 32.1. The van der Waals surface area contributed by atoms with Crippen LogP contribution in [-0.4, -0.2) is 12.1 Å². The average molecular weight is 248 g/mol. The Labute approximate surface area is 105 Å². The summed E-state index contributed by atoms with van der Waals surface area (Å²) in [4.78, 5) is 4.33. The monoisotopic (exact) mass is 248 g/mol. The highest BCUT2D eigenvalue weighted by Gasteiger charge is 2.13. The molecule has 0 radical (unpaired) electrons. The van der Waals surface area contributed by atoms with Crippen LogP contribution in [0.5, 0.6) is 5.75 Å². The lowest BCUT2D eigenvalue weighted by Gasteiger charge is -2.14. The highest BCUT2D eigenvalue weighted by Crippen LogP contribution is 2.34. The third-order valence-corrected chi connectivity index (χ3v) is 3.70. The number of anilines is 1. The number of thiazole rings is 1. The number of ether oxygens (including phenoxy) is 1. The fourth-order valence-electron chi connectivity index (χ4n) is 2.05. The molecule has 1 aromatic heterocycles. The first-order chi connectivity index (χ1) is 8.04. The fourth-order valence-corrected chi connectivity index (χ4v) is 2.61. The van der Waals surface area contributed by atoms with E-state index in [9.17, 15) is 0 Å². The van der Waals surface area contributed by atoms with E-state index in [1.165, 1.54) is 16.9 Å². The Morgan fingerprint density at radius 2 is 1.94 bits per heavy atom. The summed E-state index contributed by atoms with van der Waals surface area (Å²) in [6, 6.07) is 2.11.